The summed E-state index contributed by atoms with van der Waals surface area (Å²) >= 11 is 7.21. The summed E-state index contributed by atoms with van der Waals surface area (Å²) < 4.78 is 0. The molecule has 0 aliphatic carbocycles. The quantitative estimate of drug-likeness (QED) is 0.260. The van der Waals surface area contributed by atoms with Crippen LogP contribution < -0.4 is 0 Å². The molecule has 6 N–H and O–H groups in total. The van der Waals surface area contributed by atoms with Crippen LogP contribution in [0.5, 0.6) is 0 Å². The van der Waals surface area contributed by atoms with Gasteiger partial charge in [-0.15, -0.1) is 0 Å². The summed E-state index contributed by atoms with van der Waals surface area (Å²) in [5, 5.41) is 0. The van der Waals surface area contributed by atoms with Crippen LogP contribution in [-0.4, -0.2) is 53.3 Å². The second-order valence-electron chi connectivity index (χ2n) is 3.73. The van der Waals surface area contributed by atoms with Gasteiger partial charge in [0.25, 0.3) is 0 Å². The van der Waals surface area contributed by atoms with Gasteiger partial charge in [-0.3, -0.25) is 0 Å². The van der Waals surface area contributed by atoms with E-state index in [2.05, 4.69) is 51.3 Å². The predicted molar refractivity (Wildman–Crippen MR) is 101 cm³/mol. The Morgan fingerprint density at radius 2 is 0.667 bits per heavy atom. The minimum absolute atomic E-state index is 0. The van der Waals surface area contributed by atoms with Gasteiger partial charge >= 0.3 is 37.3 Å². The molecule has 21 heavy (non-hydrogen) atoms. The zero-order valence-corrected chi connectivity index (χ0v) is 20.8. The van der Waals surface area contributed by atoms with Crippen LogP contribution in [0.2, 0.25) is 0 Å². The maximum absolute atomic E-state index is 7.56. The summed E-state index contributed by atoms with van der Waals surface area (Å²) in [4.78, 5) is 45.3. The van der Waals surface area contributed by atoms with Crippen molar-refractivity contribution in [3.8, 4) is 0 Å². The molecule has 134 valence electrons. The molecule has 0 spiro atoms. The summed E-state index contributed by atoms with van der Waals surface area (Å²) in [5.41, 5.74) is 0. The number of rotatable bonds is 4. The first-order valence-electron chi connectivity index (χ1n) is 6.39. The summed E-state index contributed by atoms with van der Waals surface area (Å²) in [6.07, 6.45) is 8.15. The van der Waals surface area contributed by atoms with Crippen LogP contribution in [0.4, 0.5) is 0 Å². The third kappa shape index (κ3) is 251. The maximum atomic E-state index is 7.56. The van der Waals surface area contributed by atoms with E-state index in [1.807, 2.05) is 0 Å². The fourth-order valence-electron chi connectivity index (χ4n) is 0.707. The van der Waals surface area contributed by atoms with Crippen molar-refractivity contribution in [1.29, 1.82) is 0 Å². The van der Waals surface area contributed by atoms with Crippen LogP contribution in [0, 0.1) is 0 Å². The summed E-state index contributed by atoms with van der Waals surface area (Å²) in [5.74, 6) is 0. The van der Waals surface area contributed by atoms with Crippen LogP contribution >= 0.6 is 13.4 Å². The molecule has 0 rings (SSSR count). The average Bonchev–Trinajstić information content (AvgIpc) is 2.15. The van der Waals surface area contributed by atoms with E-state index in [9.17, 15) is 0 Å². The van der Waals surface area contributed by atoms with Gasteiger partial charge in [0, 0.05) is 0 Å². The van der Waals surface area contributed by atoms with E-state index in [1.165, 1.54) is 38.5 Å². The van der Waals surface area contributed by atoms with Crippen molar-refractivity contribution in [3.05, 3.63) is 0 Å². The molecule has 0 atom stereocenters. The number of hydrogen-bond donors (Lipinski definition) is 6. The normalized spacial score (nSPS) is 9.62. The van der Waals surface area contributed by atoms with Crippen molar-refractivity contribution < 1.29 is 29.4 Å². The monoisotopic (exact) mass is 494 g/mol. The summed E-state index contributed by atoms with van der Waals surface area (Å²) in [6, 6.07) is 0. The van der Waals surface area contributed by atoms with E-state index >= 15 is 0 Å². The van der Waals surface area contributed by atoms with Crippen molar-refractivity contribution in [2.24, 2.45) is 0 Å². The van der Waals surface area contributed by atoms with Crippen molar-refractivity contribution in [2.45, 2.75) is 66.2 Å². The van der Waals surface area contributed by atoms with Crippen LogP contribution in [0.3, 0.4) is 0 Å². The molecule has 0 saturated carbocycles. The average molecular weight is 493 g/mol. The molecule has 11 heteroatoms. The zero-order chi connectivity index (χ0) is 17.2. The van der Waals surface area contributed by atoms with E-state index in [0.29, 0.717) is 0 Å². The molecular weight excluding hydrogens is 461 g/mol. The van der Waals surface area contributed by atoms with E-state index in [1.54, 1.807) is 0 Å². The Kier molecular flexibility index (Phi) is 39.3. The van der Waals surface area contributed by atoms with Crippen molar-refractivity contribution >= 4 is 61.0 Å². The Hall–Kier alpha value is 1.86. The fraction of sp³-hybridized carbons (Fsp3) is 1.00. The molecule has 0 bridgehead atoms. The van der Waals surface area contributed by atoms with Gasteiger partial charge in [0.2, 0.25) is 0 Å². The Labute approximate surface area is 156 Å². The molecule has 0 aromatic carbocycles. The summed E-state index contributed by atoms with van der Waals surface area (Å²) in [6.45, 7) is 1.24. The molecule has 0 aliphatic heterocycles. The zero-order valence-electron chi connectivity index (χ0n) is 13.3. The topological polar surface area (TPSA) is 121 Å². The van der Waals surface area contributed by atoms with Gasteiger partial charge in [0.1, 0.15) is 0 Å². The van der Waals surface area contributed by atoms with Crippen molar-refractivity contribution in [2.75, 3.05) is 0 Å². The second kappa shape index (κ2) is 24.1. The molecule has 0 amide bonds. The Morgan fingerprint density at radius 1 is 0.571 bits per heavy atom. The first-order chi connectivity index (χ1) is 8.83. The number of hydrogen-bond acceptors (Lipinski definition) is 2. The molecule has 0 aromatic rings. The first-order valence-corrected chi connectivity index (χ1v) is 11.7. The van der Waals surface area contributed by atoms with Crippen molar-refractivity contribution in [1.82, 2.24) is 0 Å². The van der Waals surface area contributed by atoms with E-state index in [4.69, 9.17) is 29.4 Å². The van der Waals surface area contributed by atoms with Crippen LogP contribution in [0.1, 0.15) is 66.2 Å². The molecule has 2 radical (unpaired) electrons. The molecule has 0 fully saturated rings. The second-order valence-corrected chi connectivity index (χ2v) is 8.73. The fourth-order valence-corrected chi connectivity index (χ4v) is 0.707. The predicted octanol–water partition coefficient (Wildman–Crippen LogP) is 1.85. The number of unbranched alkanes of at least 4 members (excludes halogenated alkanes) is 4. The standard InChI is InChI=1S/2C5H12.2H3O3PS.Sn.2H/c2*1-3-5-4-2;2*1-4(2,3)5;;;/h2*3-5H2,1-2H3;2*(H3,1,2,3,5);;;. The third-order valence-corrected chi connectivity index (χ3v) is 1.41. The first kappa shape index (κ1) is 34.2. The Balaban J connectivity index is -0.0000000533. The van der Waals surface area contributed by atoms with E-state index in [0.717, 1.165) is 0 Å². The van der Waals surface area contributed by atoms with Gasteiger partial charge < -0.3 is 29.4 Å². The molecule has 0 saturated heterocycles. The van der Waals surface area contributed by atoms with Gasteiger partial charge in [-0.05, 0) is 23.6 Å². The Bertz CT molecular complexity index is 213. The molecular formula is C10H32O6P2S2Sn. The van der Waals surface area contributed by atoms with E-state index in [-0.39, 0.29) is 23.9 Å². The van der Waals surface area contributed by atoms with Crippen molar-refractivity contribution in [3.63, 3.8) is 0 Å². The Morgan fingerprint density at radius 3 is 0.667 bits per heavy atom. The SMILES string of the molecule is CCCCC.CCCCC.OP(O)(O)=S.OP(O)(O)=S.[SnH2]. The van der Waals surface area contributed by atoms with Crippen LogP contribution in [-0.2, 0) is 23.6 Å². The van der Waals surface area contributed by atoms with Gasteiger partial charge in [0.15, 0.2) is 0 Å². The summed E-state index contributed by atoms with van der Waals surface area (Å²) in [7, 11) is 0. The van der Waals surface area contributed by atoms with Crippen LogP contribution in [0.15, 0.2) is 0 Å². The molecule has 0 heterocycles. The van der Waals surface area contributed by atoms with Crippen LogP contribution in [0.25, 0.3) is 0 Å². The van der Waals surface area contributed by atoms with Gasteiger partial charge in [0.05, 0.1) is 0 Å². The van der Waals surface area contributed by atoms with Gasteiger partial charge in [-0.25, -0.2) is 0 Å². The molecule has 6 nitrogen and oxygen atoms in total. The molecule has 0 unspecified atom stereocenters. The molecule has 0 aromatic heterocycles. The minimum atomic E-state index is -3.81. The third-order valence-electron chi connectivity index (χ3n) is 1.41. The molecule has 0 aliphatic rings. The van der Waals surface area contributed by atoms with Gasteiger partial charge in [-0.2, -0.15) is 0 Å². The van der Waals surface area contributed by atoms with Gasteiger partial charge in [-0.1, -0.05) is 66.2 Å². The van der Waals surface area contributed by atoms with E-state index < -0.39 is 13.4 Å².